The van der Waals surface area contributed by atoms with Crippen molar-refractivity contribution in [2.75, 3.05) is 7.05 Å². The highest BCUT2D eigenvalue weighted by molar-refractivity contribution is 7.18. The summed E-state index contributed by atoms with van der Waals surface area (Å²) in [5, 5.41) is 1.51. The number of aryl methyl sites for hydroxylation is 1. The van der Waals surface area contributed by atoms with Gasteiger partial charge in [-0.3, -0.25) is 9.59 Å². The molecule has 0 atom stereocenters. The second-order valence-electron chi connectivity index (χ2n) is 6.71. The van der Waals surface area contributed by atoms with E-state index in [4.69, 9.17) is 0 Å². The lowest BCUT2D eigenvalue weighted by atomic mass is 10.2. The molecule has 2 heterocycles. The molecule has 142 valence electrons. The summed E-state index contributed by atoms with van der Waals surface area (Å²) < 4.78 is 1.13. The lowest BCUT2D eigenvalue weighted by Gasteiger charge is -2.15. The summed E-state index contributed by atoms with van der Waals surface area (Å²) in [4.78, 5) is 38.1. The van der Waals surface area contributed by atoms with Gasteiger partial charge in [0.05, 0.1) is 27.7 Å². The van der Waals surface area contributed by atoms with Crippen molar-refractivity contribution in [2.45, 2.75) is 25.8 Å². The molecule has 2 aromatic carbocycles. The molecule has 4 rings (SSSR count). The van der Waals surface area contributed by atoms with Crippen molar-refractivity contribution < 1.29 is 4.79 Å². The maximum Gasteiger partial charge on any atom is 0.258 e. The fraction of sp³-hybridized carbons (Fsp3) is 0.238. The molecule has 7 heteroatoms. The summed E-state index contributed by atoms with van der Waals surface area (Å²) in [7, 11) is 1.80. The highest BCUT2D eigenvalue weighted by Gasteiger charge is 2.12. The highest BCUT2D eigenvalue weighted by Crippen LogP contribution is 2.22. The lowest BCUT2D eigenvalue weighted by molar-refractivity contribution is -0.130. The number of rotatable bonds is 6. The number of hydrogen-bond donors (Lipinski definition) is 1. The fourth-order valence-corrected chi connectivity index (χ4v) is 4.15. The van der Waals surface area contributed by atoms with Crippen LogP contribution in [0.3, 0.4) is 0 Å². The van der Waals surface area contributed by atoms with E-state index in [1.165, 1.54) is 0 Å². The van der Waals surface area contributed by atoms with E-state index in [0.717, 1.165) is 15.2 Å². The standard InChI is InChI=1S/C21H20N4O2S/c1-25(13-19-23-16-9-4-5-10-17(16)28-19)20(26)12-6-11-18-22-15-8-3-2-7-14(15)21(27)24-18/h2-5,7-10H,6,11-13H2,1H3,(H,22,24,27). The Labute approximate surface area is 165 Å². The van der Waals surface area contributed by atoms with Crippen LogP contribution in [0.15, 0.2) is 53.3 Å². The number of carbonyl (C=O) groups excluding carboxylic acids is 1. The van der Waals surface area contributed by atoms with Gasteiger partial charge in [0, 0.05) is 19.9 Å². The molecule has 6 nitrogen and oxygen atoms in total. The van der Waals surface area contributed by atoms with Crippen molar-refractivity contribution in [3.8, 4) is 0 Å². The van der Waals surface area contributed by atoms with Gasteiger partial charge >= 0.3 is 0 Å². The third kappa shape index (κ3) is 3.94. The highest BCUT2D eigenvalue weighted by atomic mass is 32.1. The number of H-pyrrole nitrogens is 1. The van der Waals surface area contributed by atoms with Crippen molar-refractivity contribution in [1.29, 1.82) is 0 Å². The summed E-state index contributed by atoms with van der Waals surface area (Å²) >= 11 is 1.61. The van der Waals surface area contributed by atoms with Gasteiger partial charge in [-0.15, -0.1) is 11.3 Å². The summed E-state index contributed by atoms with van der Waals surface area (Å²) in [6.45, 7) is 0.503. The number of amides is 1. The molecule has 0 radical (unpaired) electrons. The van der Waals surface area contributed by atoms with Crippen LogP contribution in [0.4, 0.5) is 0 Å². The second-order valence-corrected chi connectivity index (χ2v) is 7.82. The Morgan fingerprint density at radius 1 is 1.07 bits per heavy atom. The number of benzene rings is 2. The minimum Gasteiger partial charge on any atom is -0.339 e. The second kappa shape index (κ2) is 7.90. The molecule has 0 aliphatic rings. The molecule has 4 aromatic rings. The van der Waals surface area contributed by atoms with Crippen molar-refractivity contribution in [3.63, 3.8) is 0 Å². The zero-order valence-corrected chi connectivity index (χ0v) is 16.3. The molecule has 0 saturated heterocycles. The lowest BCUT2D eigenvalue weighted by Crippen LogP contribution is -2.26. The van der Waals surface area contributed by atoms with Crippen LogP contribution in [0, 0.1) is 0 Å². The molecule has 0 aliphatic heterocycles. The first kappa shape index (κ1) is 18.3. The van der Waals surface area contributed by atoms with Crippen LogP contribution in [0.25, 0.3) is 21.1 Å². The molecule has 0 saturated carbocycles. The Kier molecular flexibility index (Phi) is 5.16. The smallest absolute Gasteiger partial charge is 0.258 e. The van der Waals surface area contributed by atoms with Gasteiger partial charge in [0.25, 0.3) is 5.56 Å². The van der Waals surface area contributed by atoms with E-state index < -0.39 is 0 Å². The van der Waals surface area contributed by atoms with E-state index in [2.05, 4.69) is 15.0 Å². The monoisotopic (exact) mass is 392 g/mol. The molecule has 0 unspecified atom stereocenters. The van der Waals surface area contributed by atoms with E-state index >= 15 is 0 Å². The first-order valence-corrected chi connectivity index (χ1v) is 9.98. The number of carbonyl (C=O) groups is 1. The number of nitrogens with one attached hydrogen (secondary N) is 1. The Bertz CT molecular complexity index is 1160. The normalized spacial score (nSPS) is 11.2. The zero-order valence-electron chi connectivity index (χ0n) is 15.5. The maximum atomic E-state index is 12.4. The average Bonchev–Trinajstić information content (AvgIpc) is 3.10. The first-order valence-electron chi connectivity index (χ1n) is 9.16. The minimum absolute atomic E-state index is 0.0578. The van der Waals surface area contributed by atoms with E-state index in [-0.39, 0.29) is 11.5 Å². The summed E-state index contributed by atoms with van der Waals surface area (Å²) in [6, 6.07) is 15.2. The first-order chi connectivity index (χ1) is 13.6. The molecule has 2 aromatic heterocycles. The zero-order chi connectivity index (χ0) is 19.5. The number of fused-ring (bicyclic) bond motifs is 2. The quantitative estimate of drug-likeness (QED) is 0.545. The Morgan fingerprint density at radius 3 is 2.64 bits per heavy atom. The van der Waals surface area contributed by atoms with E-state index in [1.807, 2.05) is 42.5 Å². The van der Waals surface area contributed by atoms with Crippen LogP contribution >= 0.6 is 11.3 Å². The maximum absolute atomic E-state index is 12.4. The fourth-order valence-electron chi connectivity index (χ4n) is 3.13. The SMILES string of the molecule is CN(Cc1nc2ccccc2s1)C(=O)CCCc1nc2ccccc2c(=O)[nH]1. The minimum atomic E-state index is -0.139. The molecule has 0 aliphatic carbocycles. The topological polar surface area (TPSA) is 79.0 Å². The van der Waals surface area contributed by atoms with Crippen molar-refractivity contribution >= 4 is 38.4 Å². The number of aromatic nitrogens is 3. The van der Waals surface area contributed by atoms with Crippen molar-refractivity contribution in [2.24, 2.45) is 0 Å². The molecule has 28 heavy (non-hydrogen) atoms. The van der Waals surface area contributed by atoms with Gasteiger partial charge in [0.2, 0.25) is 5.91 Å². The van der Waals surface area contributed by atoms with Crippen LogP contribution < -0.4 is 5.56 Å². The van der Waals surface area contributed by atoms with Crippen LogP contribution in [0.2, 0.25) is 0 Å². The van der Waals surface area contributed by atoms with E-state index in [0.29, 0.717) is 42.5 Å². The van der Waals surface area contributed by atoms with Crippen LogP contribution in [-0.2, 0) is 17.8 Å². The largest absolute Gasteiger partial charge is 0.339 e. The van der Waals surface area contributed by atoms with Gasteiger partial charge < -0.3 is 9.88 Å². The van der Waals surface area contributed by atoms with Gasteiger partial charge in [0.15, 0.2) is 0 Å². The third-order valence-electron chi connectivity index (χ3n) is 4.60. The Balaban J connectivity index is 1.34. The van der Waals surface area contributed by atoms with Gasteiger partial charge in [0.1, 0.15) is 10.8 Å². The number of aromatic amines is 1. The Morgan fingerprint density at radius 2 is 1.82 bits per heavy atom. The Hall–Kier alpha value is -3.06. The number of hydrogen-bond acceptors (Lipinski definition) is 5. The predicted molar refractivity (Wildman–Crippen MR) is 111 cm³/mol. The molecule has 0 bridgehead atoms. The predicted octanol–water partition coefficient (Wildman–Crippen LogP) is 3.51. The molecule has 0 fully saturated rings. The summed E-state index contributed by atoms with van der Waals surface area (Å²) in [5.74, 6) is 0.674. The van der Waals surface area contributed by atoms with Gasteiger partial charge in [-0.25, -0.2) is 9.97 Å². The third-order valence-corrected chi connectivity index (χ3v) is 5.62. The molecular weight excluding hydrogens is 372 g/mol. The van der Waals surface area contributed by atoms with Crippen LogP contribution in [0.1, 0.15) is 23.7 Å². The number of thiazole rings is 1. The van der Waals surface area contributed by atoms with E-state index in [9.17, 15) is 9.59 Å². The molecule has 0 spiro atoms. The number of para-hydroxylation sites is 2. The van der Waals surface area contributed by atoms with Crippen LogP contribution in [0.5, 0.6) is 0 Å². The molecule has 1 N–H and O–H groups in total. The van der Waals surface area contributed by atoms with E-state index in [1.54, 1.807) is 29.4 Å². The van der Waals surface area contributed by atoms with Crippen molar-refractivity contribution in [1.82, 2.24) is 19.9 Å². The van der Waals surface area contributed by atoms with Gasteiger partial charge in [-0.05, 0) is 30.7 Å². The summed E-state index contributed by atoms with van der Waals surface area (Å²) in [5.41, 5.74) is 1.51. The molecule has 1 amide bonds. The molecular formula is C21H20N4O2S. The van der Waals surface area contributed by atoms with Crippen molar-refractivity contribution in [3.05, 3.63) is 69.7 Å². The average molecular weight is 392 g/mol. The van der Waals surface area contributed by atoms with Gasteiger partial charge in [-0.1, -0.05) is 24.3 Å². The van der Waals surface area contributed by atoms with Crippen LogP contribution in [-0.4, -0.2) is 32.8 Å². The summed E-state index contributed by atoms with van der Waals surface area (Å²) in [6.07, 6.45) is 1.59. The van der Waals surface area contributed by atoms with Gasteiger partial charge in [-0.2, -0.15) is 0 Å². The number of nitrogens with zero attached hydrogens (tertiary/aromatic N) is 3.